The quantitative estimate of drug-likeness (QED) is 0.746. The number of nitrogen functional groups attached to an aromatic ring is 1. The zero-order valence-electron chi connectivity index (χ0n) is 10.4. The van der Waals surface area contributed by atoms with E-state index in [9.17, 15) is 10.1 Å². The minimum Gasteiger partial charge on any atom is -0.396 e. The summed E-state index contributed by atoms with van der Waals surface area (Å²) in [5.74, 6) is -0.287. The average molecular weight is 280 g/mol. The molecule has 0 radical (unpaired) electrons. The molecule has 1 aromatic heterocycles. The monoisotopic (exact) mass is 280 g/mol. The van der Waals surface area contributed by atoms with E-state index in [0.717, 1.165) is 25.9 Å². The number of nitriles is 1. The average Bonchev–Trinajstić information content (AvgIpc) is 2.76. The highest BCUT2D eigenvalue weighted by Gasteiger charge is 2.26. The predicted octanol–water partition coefficient (Wildman–Crippen LogP) is 0.510. The van der Waals surface area contributed by atoms with Gasteiger partial charge in [0.2, 0.25) is 0 Å². The smallest absolute Gasteiger partial charge is 0.261 e. The molecule has 0 spiro atoms. The molecule has 1 saturated heterocycles. The lowest BCUT2D eigenvalue weighted by Crippen LogP contribution is -2.34. The molecule has 1 amide bonds. The van der Waals surface area contributed by atoms with Crippen molar-refractivity contribution in [2.45, 2.75) is 12.8 Å². The van der Waals surface area contributed by atoms with Crippen LogP contribution in [0.5, 0.6) is 0 Å². The van der Waals surface area contributed by atoms with Gasteiger partial charge in [0.25, 0.3) is 5.91 Å². The summed E-state index contributed by atoms with van der Waals surface area (Å²) in [6.07, 6.45) is 1.73. The number of carbonyl (C=O) groups is 1. The normalized spacial score (nSPS) is 16.3. The molecule has 2 heterocycles. The van der Waals surface area contributed by atoms with E-state index in [-0.39, 0.29) is 17.2 Å². The van der Waals surface area contributed by atoms with Crippen LogP contribution in [0.25, 0.3) is 0 Å². The molecule has 1 aliphatic rings. The molecular formula is C12H16N4O2S. The molecule has 2 rings (SSSR count). The number of hydrogen-bond donors (Lipinski definition) is 3. The number of rotatable bonds is 3. The molecule has 0 bridgehead atoms. The van der Waals surface area contributed by atoms with Crippen LogP contribution < -0.4 is 16.4 Å². The first-order chi connectivity index (χ1) is 9.08. The van der Waals surface area contributed by atoms with Gasteiger partial charge in [-0.25, -0.2) is 0 Å². The van der Waals surface area contributed by atoms with Crippen molar-refractivity contribution >= 4 is 27.9 Å². The molecule has 7 heteroatoms. The molecule has 19 heavy (non-hydrogen) atoms. The number of primary amides is 1. The van der Waals surface area contributed by atoms with Crippen LogP contribution in [0.1, 0.15) is 28.1 Å². The maximum Gasteiger partial charge on any atom is 0.261 e. The van der Waals surface area contributed by atoms with E-state index in [1.165, 1.54) is 11.3 Å². The molecule has 0 unspecified atom stereocenters. The number of hydrogen-bond acceptors (Lipinski definition) is 6. The Morgan fingerprint density at radius 2 is 2.16 bits per heavy atom. The number of amides is 1. The van der Waals surface area contributed by atoms with Gasteiger partial charge in [-0.1, -0.05) is 0 Å². The third-order valence-electron chi connectivity index (χ3n) is 3.42. The van der Waals surface area contributed by atoms with Crippen molar-refractivity contribution in [3.8, 4) is 6.07 Å². The van der Waals surface area contributed by atoms with Crippen LogP contribution in [0.2, 0.25) is 0 Å². The number of nitrogens with zero attached hydrogens (tertiary/aromatic N) is 2. The molecule has 0 saturated carbocycles. The van der Waals surface area contributed by atoms with Crippen LogP contribution in [0, 0.1) is 17.2 Å². The van der Waals surface area contributed by atoms with Crippen LogP contribution in [0.3, 0.4) is 0 Å². The topological polar surface area (TPSA) is 116 Å². The van der Waals surface area contributed by atoms with Gasteiger partial charge >= 0.3 is 0 Å². The number of piperidine rings is 1. The number of aliphatic hydroxyl groups is 1. The van der Waals surface area contributed by atoms with Gasteiger partial charge in [-0.15, -0.1) is 11.3 Å². The summed E-state index contributed by atoms with van der Waals surface area (Å²) in [4.78, 5) is 13.6. The summed E-state index contributed by atoms with van der Waals surface area (Å²) in [5.41, 5.74) is 11.6. The lowest BCUT2D eigenvalue weighted by molar-refractivity contribution is 0.100. The van der Waals surface area contributed by atoms with Gasteiger partial charge in [0, 0.05) is 19.7 Å². The highest BCUT2D eigenvalue weighted by atomic mass is 32.1. The van der Waals surface area contributed by atoms with Gasteiger partial charge < -0.3 is 21.5 Å². The first-order valence-corrected chi connectivity index (χ1v) is 6.88. The van der Waals surface area contributed by atoms with Gasteiger partial charge in [0.05, 0.1) is 5.69 Å². The molecule has 6 nitrogen and oxygen atoms in total. The minimum absolute atomic E-state index is 0.180. The lowest BCUT2D eigenvalue weighted by Gasteiger charge is -2.31. The van der Waals surface area contributed by atoms with E-state index in [4.69, 9.17) is 16.6 Å². The SMILES string of the molecule is N#Cc1c(N2CCC(CO)CC2)sc(C(N)=O)c1N. The Morgan fingerprint density at radius 3 is 2.63 bits per heavy atom. The zero-order valence-corrected chi connectivity index (χ0v) is 11.2. The number of nitrogens with two attached hydrogens (primary N) is 2. The van der Waals surface area contributed by atoms with Crippen molar-refractivity contribution in [2.24, 2.45) is 11.7 Å². The van der Waals surface area contributed by atoms with Crippen molar-refractivity contribution in [1.29, 1.82) is 5.26 Å². The molecule has 1 aliphatic heterocycles. The van der Waals surface area contributed by atoms with Crippen LogP contribution >= 0.6 is 11.3 Å². The summed E-state index contributed by atoms with van der Waals surface area (Å²) in [6.45, 7) is 1.69. The first kappa shape index (κ1) is 13.6. The number of thiophene rings is 1. The van der Waals surface area contributed by atoms with Crippen molar-refractivity contribution in [1.82, 2.24) is 0 Å². The fourth-order valence-electron chi connectivity index (χ4n) is 2.26. The summed E-state index contributed by atoms with van der Waals surface area (Å²) in [6, 6.07) is 2.05. The Kier molecular flexibility index (Phi) is 3.93. The number of anilines is 2. The molecule has 0 aromatic carbocycles. The van der Waals surface area contributed by atoms with Crippen molar-refractivity contribution in [2.75, 3.05) is 30.3 Å². The van der Waals surface area contributed by atoms with Gasteiger partial charge in [0.15, 0.2) is 0 Å². The first-order valence-electron chi connectivity index (χ1n) is 6.06. The maximum atomic E-state index is 11.3. The van der Waals surface area contributed by atoms with E-state index in [2.05, 4.69) is 0 Å². The Balaban J connectivity index is 2.28. The zero-order chi connectivity index (χ0) is 14.0. The molecule has 5 N–H and O–H groups in total. The Labute approximate surface area is 115 Å². The van der Waals surface area contributed by atoms with E-state index >= 15 is 0 Å². The third-order valence-corrected chi connectivity index (χ3v) is 4.70. The predicted molar refractivity (Wildman–Crippen MR) is 74.0 cm³/mol. The largest absolute Gasteiger partial charge is 0.396 e. The Morgan fingerprint density at radius 1 is 1.53 bits per heavy atom. The van der Waals surface area contributed by atoms with Crippen LogP contribution in [-0.4, -0.2) is 30.7 Å². The highest BCUT2D eigenvalue weighted by molar-refractivity contribution is 7.19. The van der Waals surface area contributed by atoms with Gasteiger partial charge in [-0.05, 0) is 18.8 Å². The second kappa shape index (κ2) is 5.47. The standard InChI is InChI=1S/C12H16N4O2S/c13-5-8-9(14)10(11(15)18)19-12(8)16-3-1-7(6-17)2-4-16/h7,17H,1-4,6,14H2,(H2,15,18). The van der Waals surface area contributed by atoms with Crippen LogP contribution in [0.15, 0.2) is 0 Å². The van der Waals surface area contributed by atoms with E-state index < -0.39 is 5.91 Å². The van der Waals surface area contributed by atoms with Crippen molar-refractivity contribution in [3.05, 3.63) is 10.4 Å². The maximum absolute atomic E-state index is 11.3. The fourth-order valence-corrected chi connectivity index (χ4v) is 3.34. The Hall–Kier alpha value is -1.78. The van der Waals surface area contributed by atoms with E-state index in [1.807, 2.05) is 11.0 Å². The molecule has 1 fully saturated rings. The summed E-state index contributed by atoms with van der Waals surface area (Å²) < 4.78 is 0. The molecule has 102 valence electrons. The third kappa shape index (κ3) is 2.50. The van der Waals surface area contributed by atoms with Gasteiger partial charge in [0.1, 0.15) is 21.5 Å². The fraction of sp³-hybridized carbons (Fsp3) is 0.500. The molecule has 1 aromatic rings. The van der Waals surface area contributed by atoms with Gasteiger partial charge in [-0.3, -0.25) is 4.79 Å². The summed E-state index contributed by atoms with van der Waals surface area (Å²) in [5, 5.41) is 19.0. The van der Waals surface area contributed by atoms with E-state index in [1.54, 1.807) is 0 Å². The molecule has 0 aliphatic carbocycles. The van der Waals surface area contributed by atoms with Crippen molar-refractivity contribution in [3.63, 3.8) is 0 Å². The molecule has 0 atom stereocenters. The van der Waals surface area contributed by atoms with Crippen molar-refractivity contribution < 1.29 is 9.90 Å². The number of aliphatic hydroxyl groups excluding tert-OH is 1. The Bertz CT molecular complexity index is 527. The second-order valence-corrected chi connectivity index (χ2v) is 5.61. The lowest BCUT2D eigenvalue weighted by atomic mass is 9.98. The summed E-state index contributed by atoms with van der Waals surface area (Å²) >= 11 is 1.18. The van der Waals surface area contributed by atoms with Crippen LogP contribution in [-0.2, 0) is 0 Å². The van der Waals surface area contributed by atoms with E-state index in [0.29, 0.717) is 16.5 Å². The highest BCUT2D eigenvalue weighted by Crippen LogP contribution is 2.39. The number of carbonyl (C=O) groups excluding carboxylic acids is 1. The van der Waals surface area contributed by atoms with Gasteiger partial charge in [-0.2, -0.15) is 5.26 Å². The minimum atomic E-state index is -0.601. The molecular weight excluding hydrogens is 264 g/mol. The summed E-state index contributed by atoms with van der Waals surface area (Å²) in [7, 11) is 0. The van der Waals surface area contributed by atoms with Crippen LogP contribution in [0.4, 0.5) is 10.7 Å². The second-order valence-electron chi connectivity index (χ2n) is 4.61.